The maximum atomic E-state index is 9.71. The van der Waals surface area contributed by atoms with Gasteiger partial charge in [0.25, 0.3) is 0 Å². The lowest BCUT2D eigenvalue weighted by atomic mass is 10.3. The van der Waals surface area contributed by atoms with Crippen molar-refractivity contribution in [1.82, 2.24) is 0 Å². The Kier molecular flexibility index (Phi) is 2.28. The summed E-state index contributed by atoms with van der Waals surface area (Å²) in [6, 6.07) is 6.27. The summed E-state index contributed by atoms with van der Waals surface area (Å²) in [5.74, 6) is 0.190. The van der Waals surface area contributed by atoms with E-state index in [0.717, 1.165) is 16.8 Å². The normalized spacial score (nSPS) is 9.20. The topological polar surface area (TPSA) is 49.7 Å². The van der Waals surface area contributed by atoms with E-state index >= 15 is 0 Å². The summed E-state index contributed by atoms with van der Waals surface area (Å²) in [5.41, 5.74) is 0. The molecule has 0 atom stereocenters. The Hall–Kier alpha value is -1.03. The molecule has 0 fully saturated rings. The van der Waals surface area contributed by atoms with Gasteiger partial charge in [-0.15, -0.1) is 4.91 Å². The van der Waals surface area contributed by atoms with E-state index < -0.39 is 0 Å². The second-order valence-corrected chi connectivity index (χ2v) is 2.46. The first-order valence-electron chi connectivity index (χ1n) is 2.61. The van der Waals surface area contributed by atoms with Gasteiger partial charge in [0, 0.05) is 9.48 Å². The Morgan fingerprint density at radius 2 is 1.90 bits per heavy atom. The van der Waals surface area contributed by atoms with Crippen LogP contribution in [0, 0.1) is 4.91 Å². The summed E-state index contributed by atoms with van der Waals surface area (Å²) in [5, 5.41) is 8.81. The van der Waals surface area contributed by atoms with E-state index in [1.165, 1.54) is 12.1 Å². The van der Waals surface area contributed by atoms with E-state index in [9.17, 15) is 4.91 Å². The fourth-order valence-corrected chi connectivity index (χ4v) is 0.894. The zero-order valence-corrected chi connectivity index (χ0v) is 5.84. The van der Waals surface area contributed by atoms with Gasteiger partial charge in [-0.25, -0.2) is 0 Å². The molecular formula is C6H5NO2S. The summed E-state index contributed by atoms with van der Waals surface area (Å²) >= 11 is 0.842. The minimum Gasteiger partial charge on any atom is -0.508 e. The number of aromatic hydroxyl groups is 1. The Labute approximate surface area is 62.2 Å². The summed E-state index contributed by atoms with van der Waals surface area (Å²) < 4.78 is 2.62. The van der Waals surface area contributed by atoms with Crippen molar-refractivity contribution in [3.63, 3.8) is 0 Å². The lowest BCUT2D eigenvalue weighted by Crippen LogP contribution is -1.65. The number of benzene rings is 1. The van der Waals surface area contributed by atoms with Crippen LogP contribution in [0.15, 0.2) is 33.7 Å². The summed E-state index contributed by atoms with van der Waals surface area (Å²) in [4.78, 5) is 10.4. The van der Waals surface area contributed by atoms with Crippen molar-refractivity contribution in [2.75, 3.05) is 0 Å². The van der Waals surface area contributed by atoms with Gasteiger partial charge in [-0.1, -0.05) is 0 Å². The quantitative estimate of drug-likeness (QED) is 0.526. The van der Waals surface area contributed by atoms with Crippen molar-refractivity contribution in [2.24, 2.45) is 4.58 Å². The van der Waals surface area contributed by atoms with Gasteiger partial charge in [-0.2, -0.15) is 0 Å². The van der Waals surface area contributed by atoms with Gasteiger partial charge >= 0.3 is 0 Å². The molecule has 10 heavy (non-hydrogen) atoms. The SMILES string of the molecule is O=NSc1ccc(O)cc1. The zero-order valence-electron chi connectivity index (χ0n) is 5.02. The first-order valence-corrected chi connectivity index (χ1v) is 3.39. The molecule has 0 unspecified atom stereocenters. The lowest BCUT2D eigenvalue weighted by Gasteiger charge is -1.91. The highest BCUT2D eigenvalue weighted by molar-refractivity contribution is 7.98. The third-order valence-corrected chi connectivity index (χ3v) is 1.54. The molecule has 1 rings (SSSR count). The fraction of sp³-hybridized carbons (Fsp3) is 0. The van der Waals surface area contributed by atoms with Crippen LogP contribution in [0.4, 0.5) is 0 Å². The van der Waals surface area contributed by atoms with E-state index in [1.54, 1.807) is 12.1 Å². The average Bonchev–Trinajstić information content (AvgIpc) is 1.95. The Balaban J connectivity index is 2.78. The molecule has 0 heterocycles. The molecule has 52 valence electrons. The summed E-state index contributed by atoms with van der Waals surface area (Å²) in [6.45, 7) is 0. The first kappa shape index (κ1) is 7.08. The third-order valence-electron chi connectivity index (χ3n) is 0.979. The second-order valence-electron chi connectivity index (χ2n) is 1.66. The van der Waals surface area contributed by atoms with Crippen molar-refractivity contribution in [2.45, 2.75) is 4.90 Å². The molecule has 1 aromatic rings. The highest BCUT2D eigenvalue weighted by Crippen LogP contribution is 2.20. The molecule has 0 saturated heterocycles. The van der Waals surface area contributed by atoms with E-state index in [4.69, 9.17) is 5.11 Å². The van der Waals surface area contributed by atoms with E-state index in [2.05, 4.69) is 4.58 Å². The van der Waals surface area contributed by atoms with Gasteiger partial charge in [0.1, 0.15) is 5.75 Å². The van der Waals surface area contributed by atoms with Gasteiger partial charge in [0.2, 0.25) is 0 Å². The van der Waals surface area contributed by atoms with Crippen LogP contribution >= 0.6 is 11.9 Å². The van der Waals surface area contributed by atoms with Crippen LogP contribution in [-0.4, -0.2) is 5.11 Å². The number of rotatable bonds is 2. The molecule has 0 bridgehead atoms. The largest absolute Gasteiger partial charge is 0.508 e. The molecule has 3 nitrogen and oxygen atoms in total. The van der Waals surface area contributed by atoms with Crippen LogP contribution in [0.25, 0.3) is 0 Å². The molecule has 1 N–H and O–H groups in total. The molecule has 0 aliphatic heterocycles. The number of hydrogen-bond acceptors (Lipinski definition) is 4. The smallest absolute Gasteiger partial charge is 0.115 e. The molecule has 0 aromatic heterocycles. The van der Waals surface area contributed by atoms with Crippen LogP contribution in [0.2, 0.25) is 0 Å². The van der Waals surface area contributed by atoms with Gasteiger partial charge < -0.3 is 5.11 Å². The maximum Gasteiger partial charge on any atom is 0.115 e. The third kappa shape index (κ3) is 1.73. The molecule has 4 heteroatoms. The molecular weight excluding hydrogens is 150 g/mol. The molecule has 0 spiro atoms. The highest BCUT2D eigenvalue weighted by Gasteiger charge is 1.91. The first-order chi connectivity index (χ1) is 4.83. The number of nitrogens with zero attached hydrogens (tertiary/aromatic N) is 1. The molecule has 0 radical (unpaired) electrons. The van der Waals surface area contributed by atoms with Crippen molar-refractivity contribution in [3.05, 3.63) is 29.2 Å². The van der Waals surface area contributed by atoms with E-state index in [-0.39, 0.29) is 5.75 Å². The zero-order chi connectivity index (χ0) is 7.40. The van der Waals surface area contributed by atoms with E-state index in [1.807, 2.05) is 0 Å². The molecule has 1 aromatic carbocycles. The van der Waals surface area contributed by atoms with Gasteiger partial charge in [0.05, 0.1) is 11.9 Å². The van der Waals surface area contributed by atoms with Gasteiger partial charge in [0.15, 0.2) is 0 Å². The second kappa shape index (κ2) is 3.22. The lowest BCUT2D eigenvalue weighted by molar-refractivity contribution is 0.475. The highest BCUT2D eigenvalue weighted by atomic mass is 32.2. The Bertz CT molecular complexity index is 222. The van der Waals surface area contributed by atoms with Crippen molar-refractivity contribution < 1.29 is 5.11 Å². The standard InChI is InChI=1S/C6H5NO2S/c8-5-1-3-6(4-2-5)10-7-9/h1-4,8H. The number of phenolic OH excluding ortho intramolecular Hbond substituents is 1. The Morgan fingerprint density at radius 3 is 2.40 bits per heavy atom. The van der Waals surface area contributed by atoms with Crippen LogP contribution in [-0.2, 0) is 0 Å². The fourth-order valence-electron chi connectivity index (χ4n) is 0.550. The maximum absolute atomic E-state index is 9.71. The molecule has 0 aliphatic rings. The van der Waals surface area contributed by atoms with Crippen LogP contribution in [0.1, 0.15) is 0 Å². The molecule has 0 amide bonds. The monoisotopic (exact) mass is 155 g/mol. The van der Waals surface area contributed by atoms with Crippen molar-refractivity contribution in [1.29, 1.82) is 0 Å². The Morgan fingerprint density at radius 1 is 1.30 bits per heavy atom. The molecule has 0 aliphatic carbocycles. The predicted octanol–water partition coefficient (Wildman–Crippen LogP) is 2.17. The summed E-state index contributed by atoms with van der Waals surface area (Å²) in [6.07, 6.45) is 0. The predicted molar refractivity (Wildman–Crippen MR) is 39.8 cm³/mol. The number of nitroso groups, excluding NO2 is 1. The van der Waals surface area contributed by atoms with E-state index in [0.29, 0.717) is 0 Å². The van der Waals surface area contributed by atoms with Gasteiger partial charge in [-0.3, -0.25) is 0 Å². The van der Waals surface area contributed by atoms with Crippen LogP contribution in [0.3, 0.4) is 0 Å². The minimum atomic E-state index is 0.190. The minimum absolute atomic E-state index is 0.190. The number of phenols is 1. The van der Waals surface area contributed by atoms with Crippen molar-refractivity contribution >= 4 is 11.9 Å². The van der Waals surface area contributed by atoms with Crippen LogP contribution in [0.5, 0.6) is 5.75 Å². The van der Waals surface area contributed by atoms with Crippen LogP contribution < -0.4 is 0 Å². The van der Waals surface area contributed by atoms with Crippen molar-refractivity contribution in [3.8, 4) is 5.75 Å². The van der Waals surface area contributed by atoms with Gasteiger partial charge in [-0.05, 0) is 24.3 Å². The molecule has 0 saturated carbocycles. The number of hydrogen-bond donors (Lipinski definition) is 1. The average molecular weight is 155 g/mol. The summed E-state index contributed by atoms with van der Waals surface area (Å²) in [7, 11) is 0.